The van der Waals surface area contributed by atoms with Crippen molar-refractivity contribution in [3.8, 4) is 5.75 Å². The summed E-state index contributed by atoms with van der Waals surface area (Å²) >= 11 is 0. The van der Waals surface area contributed by atoms with E-state index in [1.165, 1.54) is 30.3 Å². The molecule has 0 saturated heterocycles. The Morgan fingerprint density at radius 3 is 2.33 bits per heavy atom. The number of halogens is 3. The SMILES string of the molecule is NC(=O)c1ccccc1OCc1ccccc1C(F)(F)F. The molecule has 2 N–H and O–H groups in total. The zero-order valence-corrected chi connectivity index (χ0v) is 10.9. The van der Waals surface area contributed by atoms with E-state index in [1.807, 2.05) is 0 Å². The minimum Gasteiger partial charge on any atom is -0.488 e. The van der Waals surface area contributed by atoms with Crippen molar-refractivity contribution in [1.29, 1.82) is 0 Å². The lowest BCUT2D eigenvalue weighted by atomic mass is 10.1. The molecule has 0 aliphatic carbocycles. The van der Waals surface area contributed by atoms with Gasteiger partial charge < -0.3 is 10.5 Å². The van der Waals surface area contributed by atoms with Crippen LogP contribution in [0.15, 0.2) is 48.5 Å². The summed E-state index contributed by atoms with van der Waals surface area (Å²) in [5, 5.41) is 0. The molecular formula is C15H12F3NO2. The molecule has 0 bridgehead atoms. The third-order valence-electron chi connectivity index (χ3n) is 2.86. The predicted molar refractivity (Wildman–Crippen MR) is 70.7 cm³/mol. The summed E-state index contributed by atoms with van der Waals surface area (Å²) in [7, 11) is 0. The number of hydrogen-bond acceptors (Lipinski definition) is 2. The lowest BCUT2D eigenvalue weighted by molar-refractivity contribution is -0.138. The van der Waals surface area contributed by atoms with Gasteiger partial charge in [-0.1, -0.05) is 30.3 Å². The van der Waals surface area contributed by atoms with Crippen LogP contribution in [0.5, 0.6) is 5.75 Å². The first-order valence-corrected chi connectivity index (χ1v) is 6.06. The van der Waals surface area contributed by atoms with E-state index in [0.29, 0.717) is 0 Å². The van der Waals surface area contributed by atoms with E-state index in [9.17, 15) is 18.0 Å². The van der Waals surface area contributed by atoms with Gasteiger partial charge in [-0.05, 0) is 18.2 Å². The van der Waals surface area contributed by atoms with Gasteiger partial charge in [-0.3, -0.25) is 4.79 Å². The molecule has 0 spiro atoms. The van der Waals surface area contributed by atoms with E-state index in [0.717, 1.165) is 6.07 Å². The molecular weight excluding hydrogens is 283 g/mol. The molecule has 2 aromatic carbocycles. The van der Waals surface area contributed by atoms with Crippen molar-refractivity contribution in [1.82, 2.24) is 0 Å². The number of amides is 1. The summed E-state index contributed by atoms with van der Waals surface area (Å²) in [6.07, 6.45) is -4.46. The highest BCUT2D eigenvalue weighted by atomic mass is 19.4. The van der Waals surface area contributed by atoms with Gasteiger partial charge in [-0.15, -0.1) is 0 Å². The highest BCUT2D eigenvalue weighted by Gasteiger charge is 2.33. The second-order valence-electron chi connectivity index (χ2n) is 4.30. The van der Waals surface area contributed by atoms with Crippen LogP contribution in [-0.4, -0.2) is 5.91 Å². The fourth-order valence-electron chi connectivity index (χ4n) is 1.87. The van der Waals surface area contributed by atoms with Gasteiger partial charge in [0.25, 0.3) is 5.91 Å². The molecule has 1 amide bonds. The quantitative estimate of drug-likeness (QED) is 0.940. The van der Waals surface area contributed by atoms with Gasteiger partial charge in [0.15, 0.2) is 0 Å². The van der Waals surface area contributed by atoms with E-state index >= 15 is 0 Å². The fourth-order valence-corrected chi connectivity index (χ4v) is 1.87. The summed E-state index contributed by atoms with van der Waals surface area (Å²) in [6, 6.07) is 11.3. The molecule has 0 heterocycles. The topological polar surface area (TPSA) is 52.3 Å². The zero-order chi connectivity index (χ0) is 15.5. The first-order valence-electron chi connectivity index (χ1n) is 6.06. The fraction of sp³-hybridized carbons (Fsp3) is 0.133. The van der Waals surface area contributed by atoms with Gasteiger partial charge in [-0.25, -0.2) is 0 Å². The molecule has 0 aliphatic heterocycles. The number of benzene rings is 2. The molecule has 0 radical (unpaired) electrons. The molecule has 6 heteroatoms. The number of ether oxygens (including phenoxy) is 1. The number of carbonyl (C=O) groups excluding carboxylic acids is 1. The maximum absolute atomic E-state index is 12.9. The molecule has 2 aromatic rings. The van der Waals surface area contributed by atoms with Crippen molar-refractivity contribution < 1.29 is 22.7 Å². The minimum absolute atomic E-state index is 0.00993. The van der Waals surface area contributed by atoms with Crippen LogP contribution in [0.2, 0.25) is 0 Å². The van der Waals surface area contributed by atoms with Gasteiger partial charge in [0, 0.05) is 5.56 Å². The van der Waals surface area contributed by atoms with E-state index in [2.05, 4.69) is 0 Å². The van der Waals surface area contributed by atoms with Crippen LogP contribution in [0.25, 0.3) is 0 Å². The average molecular weight is 295 g/mol. The van der Waals surface area contributed by atoms with Crippen molar-refractivity contribution in [3.05, 3.63) is 65.2 Å². The van der Waals surface area contributed by atoms with Gasteiger partial charge in [0.2, 0.25) is 0 Å². The maximum Gasteiger partial charge on any atom is 0.416 e. The lowest BCUT2D eigenvalue weighted by Gasteiger charge is -2.14. The largest absolute Gasteiger partial charge is 0.488 e. The summed E-state index contributed by atoms with van der Waals surface area (Å²) in [5.74, 6) is -0.545. The maximum atomic E-state index is 12.9. The summed E-state index contributed by atoms with van der Waals surface area (Å²) in [4.78, 5) is 11.2. The second-order valence-corrected chi connectivity index (χ2v) is 4.30. The molecule has 3 nitrogen and oxygen atoms in total. The Morgan fingerprint density at radius 1 is 1.05 bits per heavy atom. The summed E-state index contributed by atoms with van der Waals surface area (Å²) in [6.45, 7) is -0.306. The average Bonchev–Trinajstić information content (AvgIpc) is 2.44. The monoisotopic (exact) mass is 295 g/mol. The van der Waals surface area contributed by atoms with Gasteiger partial charge in [-0.2, -0.15) is 13.2 Å². The van der Waals surface area contributed by atoms with Crippen molar-refractivity contribution in [2.24, 2.45) is 5.73 Å². The third kappa shape index (κ3) is 3.53. The standard InChI is InChI=1S/C15H12F3NO2/c16-15(17,18)12-7-3-1-5-10(12)9-21-13-8-4-2-6-11(13)14(19)20/h1-8H,9H2,(H2,19,20). The molecule has 0 unspecified atom stereocenters. The van der Waals surface area contributed by atoms with Crippen LogP contribution < -0.4 is 10.5 Å². The Labute approximate surface area is 119 Å². The first-order chi connectivity index (χ1) is 9.89. The Morgan fingerprint density at radius 2 is 1.67 bits per heavy atom. The van der Waals surface area contributed by atoms with E-state index in [1.54, 1.807) is 12.1 Å². The van der Waals surface area contributed by atoms with Gasteiger partial charge in [0.05, 0.1) is 11.1 Å². The van der Waals surface area contributed by atoms with Crippen molar-refractivity contribution in [2.75, 3.05) is 0 Å². The van der Waals surface area contributed by atoms with Crippen LogP contribution in [0, 0.1) is 0 Å². The number of nitrogens with two attached hydrogens (primary N) is 1. The molecule has 110 valence electrons. The molecule has 0 aromatic heterocycles. The lowest BCUT2D eigenvalue weighted by Crippen LogP contribution is -2.14. The molecule has 0 aliphatic rings. The number of para-hydroxylation sites is 1. The second kappa shape index (κ2) is 5.87. The Balaban J connectivity index is 2.24. The predicted octanol–water partition coefficient (Wildman–Crippen LogP) is 3.38. The molecule has 21 heavy (non-hydrogen) atoms. The van der Waals surface area contributed by atoms with Crippen LogP contribution >= 0.6 is 0 Å². The Kier molecular flexibility index (Phi) is 4.16. The molecule has 0 fully saturated rings. The summed E-state index contributed by atoms with van der Waals surface area (Å²) in [5.41, 5.74) is 4.54. The van der Waals surface area contributed by atoms with Crippen molar-refractivity contribution in [2.45, 2.75) is 12.8 Å². The van der Waals surface area contributed by atoms with Crippen LogP contribution in [0.3, 0.4) is 0 Å². The van der Waals surface area contributed by atoms with Crippen LogP contribution in [0.4, 0.5) is 13.2 Å². The smallest absolute Gasteiger partial charge is 0.416 e. The molecule has 0 saturated carbocycles. The molecule has 2 rings (SSSR count). The number of rotatable bonds is 4. The van der Waals surface area contributed by atoms with E-state index < -0.39 is 17.6 Å². The summed E-state index contributed by atoms with van der Waals surface area (Å²) < 4.78 is 43.9. The Hall–Kier alpha value is -2.50. The van der Waals surface area contributed by atoms with E-state index in [4.69, 9.17) is 10.5 Å². The highest BCUT2D eigenvalue weighted by molar-refractivity contribution is 5.95. The van der Waals surface area contributed by atoms with Crippen LogP contribution in [0.1, 0.15) is 21.5 Å². The highest BCUT2D eigenvalue weighted by Crippen LogP contribution is 2.32. The normalized spacial score (nSPS) is 11.2. The zero-order valence-electron chi connectivity index (χ0n) is 10.9. The van der Waals surface area contributed by atoms with Crippen molar-refractivity contribution >= 4 is 5.91 Å². The van der Waals surface area contributed by atoms with Crippen molar-refractivity contribution in [3.63, 3.8) is 0 Å². The number of alkyl halides is 3. The molecule has 0 atom stereocenters. The van der Waals surface area contributed by atoms with E-state index in [-0.39, 0.29) is 23.5 Å². The van der Waals surface area contributed by atoms with Crippen LogP contribution in [-0.2, 0) is 12.8 Å². The van der Waals surface area contributed by atoms with Gasteiger partial charge >= 0.3 is 6.18 Å². The van der Waals surface area contributed by atoms with Gasteiger partial charge in [0.1, 0.15) is 12.4 Å². The third-order valence-corrected chi connectivity index (χ3v) is 2.86. The number of hydrogen-bond donors (Lipinski definition) is 1. The first kappa shape index (κ1) is 14.9. The Bertz CT molecular complexity index is 653. The number of carbonyl (C=O) groups is 1. The number of primary amides is 1. The minimum atomic E-state index is -4.46.